The molecular formula is C27H36Cl2N2O2. The predicted octanol–water partition coefficient (Wildman–Crippen LogP) is 5.29. The summed E-state index contributed by atoms with van der Waals surface area (Å²) in [5.74, 6) is 2.90. The summed E-state index contributed by atoms with van der Waals surface area (Å²) >= 11 is 12.3. The van der Waals surface area contributed by atoms with E-state index in [1.165, 1.54) is 49.7 Å². The van der Waals surface area contributed by atoms with E-state index in [0.29, 0.717) is 31.8 Å². The van der Waals surface area contributed by atoms with Crippen LogP contribution in [0.1, 0.15) is 61.6 Å². The normalized spacial score (nSPS) is 37.6. The highest BCUT2D eigenvalue weighted by molar-refractivity contribution is 6.31. The Balaban J connectivity index is 1.21. The highest BCUT2D eigenvalue weighted by Gasteiger charge is 2.52. The molecule has 6 heteroatoms. The van der Waals surface area contributed by atoms with Crippen LogP contribution in [0, 0.1) is 30.6 Å². The maximum atomic E-state index is 11.3. The summed E-state index contributed by atoms with van der Waals surface area (Å²) in [7, 11) is 0. The number of aryl methyl sites for hydroxylation is 1. The molecule has 180 valence electrons. The SMILES string of the molecule is Cc1cc(C=NCCNCC2C=C(Cl)CC(Cl)C2O)c(O)c(C23CC4CC(CC(C4)C2)C3)c1. The number of hydrogen-bond acceptors (Lipinski definition) is 4. The number of phenolic OH excluding ortho intramolecular Hbond substituents is 1. The topological polar surface area (TPSA) is 64.9 Å². The first-order chi connectivity index (χ1) is 15.8. The van der Waals surface area contributed by atoms with Gasteiger partial charge in [-0.05, 0) is 80.2 Å². The van der Waals surface area contributed by atoms with Gasteiger partial charge in [0.1, 0.15) is 5.75 Å². The summed E-state index contributed by atoms with van der Waals surface area (Å²) in [6, 6.07) is 4.28. The Morgan fingerprint density at radius 2 is 1.82 bits per heavy atom. The van der Waals surface area contributed by atoms with E-state index in [9.17, 15) is 10.2 Å². The van der Waals surface area contributed by atoms with Crippen molar-refractivity contribution in [2.45, 2.75) is 68.8 Å². The van der Waals surface area contributed by atoms with Gasteiger partial charge in [0.25, 0.3) is 0 Å². The molecule has 5 aliphatic carbocycles. The Kier molecular flexibility index (Phi) is 6.83. The van der Waals surface area contributed by atoms with Crippen LogP contribution in [0.4, 0.5) is 0 Å². The minimum absolute atomic E-state index is 0.0821. The van der Waals surface area contributed by atoms with Gasteiger partial charge in [-0.2, -0.15) is 0 Å². The Morgan fingerprint density at radius 3 is 2.48 bits per heavy atom. The lowest BCUT2D eigenvalue weighted by Crippen LogP contribution is -2.48. The van der Waals surface area contributed by atoms with Crippen molar-refractivity contribution in [1.82, 2.24) is 5.32 Å². The second-order valence-electron chi connectivity index (χ2n) is 11.2. The third-order valence-corrected chi connectivity index (χ3v) is 9.21. The fourth-order valence-electron chi connectivity index (χ4n) is 7.48. The Morgan fingerprint density at radius 1 is 1.15 bits per heavy atom. The Hall–Kier alpha value is -1.07. The lowest BCUT2D eigenvalue weighted by Gasteiger charge is -2.57. The zero-order valence-electron chi connectivity index (χ0n) is 19.4. The molecule has 0 aromatic heterocycles. The van der Waals surface area contributed by atoms with Crippen molar-refractivity contribution in [3.05, 3.63) is 39.9 Å². The van der Waals surface area contributed by atoms with Crippen LogP contribution in [-0.2, 0) is 5.41 Å². The number of hydrogen-bond donors (Lipinski definition) is 3. The molecule has 3 atom stereocenters. The second-order valence-corrected chi connectivity index (χ2v) is 12.2. The molecule has 3 unspecified atom stereocenters. The summed E-state index contributed by atoms with van der Waals surface area (Å²) in [6.45, 7) is 4.03. The van der Waals surface area contributed by atoms with Gasteiger partial charge in [-0.3, -0.25) is 4.99 Å². The van der Waals surface area contributed by atoms with Crippen molar-refractivity contribution < 1.29 is 10.2 Å². The summed E-state index contributed by atoms with van der Waals surface area (Å²) < 4.78 is 0. The van der Waals surface area contributed by atoms with Crippen molar-refractivity contribution in [3.63, 3.8) is 0 Å². The van der Waals surface area contributed by atoms with Gasteiger partial charge in [0.05, 0.1) is 18.0 Å². The van der Waals surface area contributed by atoms with Crippen molar-refractivity contribution >= 4 is 29.4 Å². The molecule has 4 nitrogen and oxygen atoms in total. The van der Waals surface area contributed by atoms with Gasteiger partial charge in [-0.15, -0.1) is 11.6 Å². The van der Waals surface area contributed by atoms with Gasteiger partial charge in [0, 0.05) is 47.8 Å². The molecule has 3 N–H and O–H groups in total. The zero-order chi connectivity index (χ0) is 23.2. The van der Waals surface area contributed by atoms with Gasteiger partial charge in [0.15, 0.2) is 0 Å². The molecule has 0 radical (unpaired) electrons. The number of aliphatic hydroxyl groups excluding tert-OH is 1. The number of aliphatic hydroxyl groups is 1. The number of phenols is 1. The molecule has 1 aromatic rings. The molecule has 4 saturated carbocycles. The van der Waals surface area contributed by atoms with Gasteiger partial charge < -0.3 is 15.5 Å². The van der Waals surface area contributed by atoms with Gasteiger partial charge in [0.2, 0.25) is 0 Å². The van der Waals surface area contributed by atoms with Crippen molar-refractivity contribution in [2.24, 2.45) is 28.7 Å². The molecule has 0 spiro atoms. The van der Waals surface area contributed by atoms with E-state index in [-0.39, 0.29) is 16.7 Å². The van der Waals surface area contributed by atoms with E-state index >= 15 is 0 Å². The molecule has 5 aliphatic rings. The van der Waals surface area contributed by atoms with Crippen molar-refractivity contribution in [1.29, 1.82) is 0 Å². The van der Waals surface area contributed by atoms with Crippen LogP contribution in [0.5, 0.6) is 5.75 Å². The Labute approximate surface area is 207 Å². The molecule has 4 fully saturated rings. The maximum absolute atomic E-state index is 11.3. The van der Waals surface area contributed by atoms with Crippen LogP contribution in [0.15, 0.2) is 28.2 Å². The van der Waals surface area contributed by atoms with Crippen LogP contribution in [-0.4, -0.2) is 47.5 Å². The molecule has 0 aliphatic heterocycles. The molecule has 0 amide bonds. The number of allylic oxidation sites excluding steroid dienone is 1. The highest BCUT2D eigenvalue weighted by atomic mass is 35.5. The van der Waals surface area contributed by atoms with Crippen LogP contribution in [0.25, 0.3) is 0 Å². The first-order valence-corrected chi connectivity index (χ1v) is 13.4. The van der Waals surface area contributed by atoms with Crippen molar-refractivity contribution in [3.8, 4) is 5.75 Å². The number of nitrogens with one attached hydrogen (secondary N) is 1. The molecule has 6 rings (SSSR count). The van der Waals surface area contributed by atoms with Crippen LogP contribution in [0.3, 0.4) is 0 Å². The number of alkyl halides is 1. The van der Waals surface area contributed by atoms with Gasteiger partial charge in [-0.1, -0.05) is 23.7 Å². The van der Waals surface area contributed by atoms with E-state index in [4.69, 9.17) is 23.2 Å². The third kappa shape index (κ3) is 4.87. The number of halogens is 2. The molecule has 1 aromatic carbocycles. The van der Waals surface area contributed by atoms with E-state index in [1.807, 2.05) is 18.4 Å². The smallest absolute Gasteiger partial charge is 0.128 e. The standard InChI is InChI=1S/C27H36Cl2N2O2/c1-16-4-20(14-30-2-3-31-15-21-9-22(28)10-24(29)26(21)33)25(32)23(5-16)27-11-17-6-18(12-27)8-19(7-17)13-27/h4-5,9,14,17-19,21,24,26,31-33H,2-3,6-8,10-13,15H2,1H3. The molecule has 33 heavy (non-hydrogen) atoms. The third-order valence-electron chi connectivity index (χ3n) is 8.52. The maximum Gasteiger partial charge on any atom is 0.128 e. The minimum Gasteiger partial charge on any atom is -0.507 e. The highest BCUT2D eigenvalue weighted by Crippen LogP contribution is 2.62. The number of aliphatic imine (C=N–C) groups is 1. The summed E-state index contributed by atoms with van der Waals surface area (Å²) in [4.78, 5) is 4.59. The van der Waals surface area contributed by atoms with Crippen LogP contribution in [0.2, 0.25) is 0 Å². The van der Waals surface area contributed by atoms with E-state index in [0.717, 1.165) is 28.3 Å². The fourth-order valence-corrected chi connectivity index (χ4v) is 8.24. The molecule has 4 bridgehead atoms. The Bertz CT molecular complexity index is 909. The van der Waals surface area contributed by atoms with Crippen LogP contribution < -0.4 is 5.32 Å². The average molecular weight is 492 g/mol. The summed E-state index contributed by atoms with van der Waals surface area (Å²) in [5, 5.41) is 25.2. The second kappa shape index (κ2) is 9.53. The van der Waals surface area contributed by atoms with Crippen molar-refractivity contribution in [2.75, 3.05) is 19.6 Å². The number of benzene rings is 1. The summed E-state index contributed by atoms with van der Waals surface area (Å²) in [6.07, 6.45) is 11.6. The van der Waals surface area contributed by atoms with E-state index in [1.54, 1.807) is 0 Å². The number of aromatic hydroxyl groups is 1. The minimum atomic E-state index is -0.586. The van der Waals surface area contributed by atoms with Crippen LogP contribution >= 0.6 is 23.2 Å². The fraction of sp³-hybridized carbons (Fsp3) is 0.667. The lowest BCUT2D eigenvalue weighted by molar-refractivity contribution is -0.00616. The average Bonchev–Trinajstić information content (AvgIpc) is 2.74. The first-order valence-electron chi connectivity index (χ1n) is 12.6. The van der Waals surface area contributed by atoms with E-state index < -0.39 is 6.10 Å². The first kappa shape index (κ1) is 23.7. The molecule has 0 heterocycles. The monoisotopic (exact) mass is 490 g/mol. The lowest BCUT2D eigenvalue weighted by atomic mass is 9.48. The van der Waals surface area contributed by atoms with Gasteiger partial charge >= 0.3 is 0 Å². The molecular weight excluding hydrogens is 455 g/mol. The largest absolute Gasteiger partial charge is 0.507 e. The number of rotatable bonds is 7. The zero-order valence-corrected chi connectivity index (χ0v) is 21.0. The predicted molar refractivity (Wildman–Crippen MR) is 136 cm³/mol. The number of nitrogens with zero attached hydrogens (tertiary/aromatic N) is 1. The quantitative estimate of drug-likeness (QED) is 0.276. The van der Waals surface area contributed by atoms with Gasteiger partial charge in [-0.25, -0.2) is 0 Å². The molecule has 0 saturated heterocycles. The van der Waals surface area contributed by atoms with E-state index in [2.05, 4.69) is 23.3 Å². The summed E-state index contributed by atoms with van der Waals surface area (Å²) in [5.41, 5.74) is 3.38.